The summed E-state index contributed by atoms with van der Waals surface area (Å²) in [6.45, 7) is 0. The van der Waals surface area contributed by atoms with Crippen molar-refractivity contribution in [2.45, 2.75) is 0 Å². The van der Waals surface area contributed by atoms with Gasteiger partial charge in [0, 0.05) is 29.2 Å². The molecule has 0 fully saturated rings. The summed E-state index contributed by atoms with van der Waals surface area (Å²) in [4.78, 5) is 0. The molecular formula is C16H11FN2. The number of halogens is 1. The maximum atomic E-state index is 13.3. The van der Waals surface area contributed by atoms with Crippen molar-refractivity contribution in [3.05, 3.63) is 59.9 Å². The fraction of sp³-hybridized carbons (Fsp3) is 0.0625. The monoisotopic (exact) mass is 250 g/mol. The minimum Gasteiger partial charge on any atom is -0.344 e. The maximum Gasteiger partial charge on any atom is 0.123 e. The average molecular weight is 250 g/mol. The Balaban J connectivity index is 2.25. The van der Waals surface area contributed by atoms with Gasteiger partial charge in [-0.05, 0) is 36.4 Å². The zero-order valence-electron chi connectivity index (χ0n) is 10.4. The summed E-state index contributed by atoms with van der Waals surface area (Å²) in [6.07, 6.45) is 0. The van der Waals surface area contributed by atoms with Gasteiger partial charge in [0.25, 0.3) is 0 Å². The summed E-state index contributed by atoms with van der Waals surface area (Å²) in [6, 6.07) is 16.2. The Morgan fingerprint density at radius 1 is 1.11 bits per heavy atom. The molecular weight excluding hydrogens is 239 g/mol. The second kappa shape index (κ2) is 4.25. The van der Waals surface area contributed by atoms with E-state index in [2.05, 4.69) is 6.07 Å². The van der Waals surface area contributed by atoms with Gasteiger partial charge in [-0.2, -0.15) is 5.26 Å². The molecule has 0 atom stereocenters. The fourth-order valence-electron chi connectivity index (χ4n) is 2.34. The third-order valence-electron chi connectivity index (χ3n) is 3.29. The van der Waals surface area contributed by atoms with Gasteiger partial charge in [-0.1, -0.05) is 12.1 Å². The number of hydrogen-bond donors (Lipinski definition) is 0. The summed E-state index contributed by atoms with van der Waals surface area (Å²) in [7, 11) is 1.94. The first-order valence-electron chi connectivity index (χ1n) is 5.94. The number of aromatic nitrogens is 1. The highest BCUT2D eigenvalue weighted by Crippen LogP contribution is 2.28. The maximum absolute atomic E-state index is 13.3. The van der Waals surface area contributed by atoms with Crippen LogP contribution in [0.2, 0.25) is 0 Å². The third-order valence-corrected chi connectivity index (χ3v) is 3.29. The molecule has 0 saturated carbocycles. The quantitative estimate of drug-likeness (QED) is 0.644. The molecule has 2 nitrogen and oxygen atoms in total. The van der Waals surface area contributed by atoms with Crippen LogP contribution < -0.4 is 0 Å². The lowest BCUT2D eigenvalue weighted by atomic mass is 10.1. The van der Waals surface area contributed by atoms with Crippen molar-refractivity contribution in [2.75, 3.05) is 0 Å². The summed E-state index contributed by atoms with van der Waals surface area (Å²) in [5.41, 5.74) is 3.42. The van der Waals surface area contributed by atoms with Crippen LogP contribution in [0.3, 0.4) is 0 Å². The molecule has 3 rings (SSSR count). The second-order valence-corrected chi connectivity index (χ2v) is 4.48. The number of aryl methyl sites for hydroxylation is 1. The Kier molecular flexibility index (Phi) is 2.57. The lowest BCUT2D eigenvalue weighted by Crippen LogP contribution is -1.91. The Bertz CT molecular complexity index is 809. The number of nitrogens with zero attached hydrogens (tertiary/aromatic N) is 2. The van der Waals surface area contributed by atoms with Gasteiger partial charge in [0.2, 0.25) is 0 Å². The molecule has 0 saturated heterocycles. The molecule has 92 valence electrons. The Morgan fingerprint density at radius 2 is 1.95 bits per heavy atom. The van der Waals surface area contributed by atoms with Crippen molar-refractivity contribution in [3.8, 4) is 17.3 Å². The average Bonchev–Trinajstić information content (AvgIpc) is 2.75. The van der Waals surface area contributed by atoms with E-state index in [4.69, 9.17) is 5.26 Å². The summed E-state index contributed by atoms with van der Waals surface area (Å²) in [5.74, 6) is -0.250. The molecule has 0 aliphatic rings. The number of nitriles is 1. The van der Waals surface area contributed by atoms with Crippen molar-refractivity contribution >= 4 is 10.9 Å². The molecule has 0 amide bonds. The van der Waals surface area contributed by atoms with E-state index in [1.165, 1.54) is 12.1 Å². The highest BCUT2D eigenvalue weighted by molar-refractivity contribution is 5.88. The Hall–Kier alpha value is -2.60. The largest absolute Gasteiger partial charge is 0.344 e. The molecule has 1 heterocycles. The van der Waals surface area contributed by atoms with Gasteiger partial charge in [-0.15, -0.1) is 0 Å². The number of rotatable bonds is 1. The van der Waals surface area contributed by atoms with Crippen LogP contribution in [0, 0.1) is 17.1 Å². The molecule has 3 aromatic rings. The normalized spacial score (nSPS) is 10.6. The zero-order valence-corrected chi connectivity index (χ0v) is 10.4. The van der Waals surface area contributed by atoms with Crippen LogP contribution in [0.15, 0.2) is 48.5 Å². The van der Waals surface area contributed by atoms with Gasteiger partial charge < -0.3 is 4.57 Å². The predicted molar refractivity (Wildman–Crippen MR) is 73.0 cm³/mol. The SMILES string of the molecule is Cn1c(-c2cccc(F)c2)cc2cc(C#N)ccc21. The van der Waals surface area contributed by atoms with Crippen LogP contribution in [0.5, 0.6) is 0 Å². The molecule has 2 aromatic carbocycles. The van der Waals surface area contributed by atoms with E-state index in [9.17, 15) is 4.39 Å². The van der Waals surface area contributed by atoms with Crippen molar-refractivity contribution in [3.63, 3.8) is 0 Å². The van der Waals surface area contributed by atoms with Gasteiger partial charge in [-0.3, -0.25) is 0 Å². The number of fused-ring (bicyclic) bond motifs is 1. The molecule has 0 aliphatic carbocycles. The fourth-order valence-corrected chi connectivity index (χ4v) is 2.34. The molecule has 0 radical (unpaired) electrons. The first kappa shape index (κ1) is 11.5. The van der Waals surface area contributed by atoms with Gasteiger partial charge >= 0.3 is 0 Å². The van der Waals surface area contributed by atoms with Gasteiger partial charge in [-0.25, -0.2) is 4.39 Å². The van der Waals surface area contributed by atoms with Crippen molar-refractivity contribution in [1.82, 2.24) is 4.57 Å². The van der Waals surface area contributed by atoms with E-state index in [-0.39, 0.29) is 5.82 Å². The molecule has 19 heavy (non-hydrogen) atoms. The number of hydrogen-bond acceptors (Lipinski definition) is 1. The highest BCUT2D eigenvalue weighted by atomic mass is 19.1. The van der Waals surface area contributed by atoms with Gasteiger partial charge in [0.1, 0.15) is 5.82 Å². The van der Waals surface area contributed by atoms with Crippen molar-refractivity contribution < 1.29 is 4.39 Å². The summed E-state index contributed by atoms with van der Waals surface area (Å²) >= 11 is 0. The smallest absolute Gasteiger partial charge is 0.123 e. The minimum absolute atomic E-state index is 0.250. The molecule has 0 unspecified atom stereocenters. The van der Waals surface area contributed by atoms with Gasteiger partial charge in [0.15, 0.2) is 0 Å². The van der Waals surface area contributed by atoms with E-state index in [0.717, 1.165) is 22.2 Å². The summed E-state index contributed by atoms with van der Waals surface area (Å²) in [5, 5.41) is 9.91. The molecule has 3 heteroatoms. The first-order valence-corrected chi connectivity index (χ1v) is 5.94. The van der Waals surface area contributed by atoms with E-state index in [1.54, 1.807) is 12.1 Å². The van der Waals surface area contributed by atoms with Crippen LogP contribution >= 0.6 is 0 Å². The zero-order chi connectivity index (χ0) is 13.4. The van der Waals surface area contributed by atoms with Crippen LogP contribution in [-0.2, 0) is 7.05 Å². The van der Waals surface area contributed by atoms with Crippen LogP contribution in [0.25, 0.3) is 22.2 Å². The van der Waals surface area contributed by atoms with E-state index in [1.807, 2.05) is 35.9 Å². The molecule has 0 N–H and O–H groups in total. The summed E-state index contributed by atoms with van der Waals surface area (Å²) < 4.78 is 15.3. The van der Waals surface area contributed by atoms with Crippen LogP contribution in [0.1, 0.15) is 5.56 Å². The predicted octanol–water partition coefficient (Wildman–Crippen LogP) is 3.86. The molecule has 0 aliphatic heterocycles. The van der Waals surface area contributed by atoms with Crippen molar-refractivity contribution in [2.24, 2.45) is 7.05 Å². The highest BCUT2D eigenvalue weighted by Gasteiger charge is 2.08. The van der Waals surface area contributed by atoms with E-state index < -0.39 is 0 Å². The van der Waals surface area contributed by atoms with E-state index >= 15 is 0 Å². The number of benzene rings is 2. The van der Waals surface area contributed by atoms with E-state index in [0.29, 0.717) is 5.56 Å². The third kappa shape index (κ3) is 1.88. The standard InChI is InChI=1S/C16H11FN2/c1-19-15-6-5-11(10-18)7-13(15)9-16(19)12-3-2-4-14(17)8-12/h2-9H,1H3. The van der Waals surface area contributed by atoms with Crippen LogP contribution in [-0.4, -0.2) is 4.57 Å². The topological polar surface area (TPSA) is 28.7 Å². The lowest BCUT2D eigenvalue weighted by molar-refractivity contribution is 0.628. The van der Waals surface area contributed by atoms with Gasteiger partial charge in [0.05, 0.1) is 11.6 Å². The molecule has 1 aromatic heterocycles. The van der Waals surface area contributed by atoms with Crippen molar-refractivity contribution in [1.29, 1.82) is 5.26 Å². The first-order chi connectivity index (χ1) is 9.19. The Morgan fingerprint density at radius 3 is 2.68 bits per heavy atom. The second-order valence-electron chi connectivity index (χ2n) is 4.48. The Labute approximate surface area is 110 Å². The lowest BCUT2D eigenvalue weighted by Gasteiger charge is -2.04. The molecule has 0 spiro atoms. The van der Waals surface area contributed by atoms with Crippen LogP contribution in [0.4, 0.5) is 4.39 Å². The minimum atomic E-state index is -0.250. The molecule has 0 bridgehead atoms.